The highest BCUT2D eigenvalue weighted by molar-refractivity contribution is 6.21. The van der Waals surface area contributed by atoms with E-state index in [1.54, 1.807) is 0 Å². The molecule has 2 unspecified atom stereocenters. The van der Waals surface area contributed by atoms with E-state index >= 15 is 0 Å². The normalized spacial score (nSPS) is 27.5. The number of β-amino-alcohol motifs (C(OH)–C–C–N with tert-alkyl or cyclic N) is 1. The summed E-state index contributed by atoms with van der Waals surface area (Å²) in [5.41, 5.74) is 0. The molecule has 0 bridgehead atoms. The van der Waals surface area contributed by atoms with Crippen molar-refractivity contribution in [3.63, 3.8) is 0 Å². The average molecular weight is 207 g/mol. The third-order valence-electron chi connectivity index (χ3n) is 2.53. The highest BCUT2D eigenvalue weighted by Crippen LogP contribution is 2.11. The minimum absolute atomic E-state index is 0.210. The number of hydrogen-bond acceptors (Lipinski definition) is 3. The molecule has 1 saturated heterocycles. The van der Waals surface area contributed by atoms with Gasteiger partial charge in [-0.15, -0.1) is 11.6 Å². The summed E-state index contributed by atoms with van der Waals surface area (Å²) in [4.78, 5) is 2.26. The molecule has 1 heterocycles. The lowest BCUT2D eigenvalue weighted by Gasteiger charge is -2.35. The second-order valence-corrected chi connectivity index (χ2v) is 4.07. The van der Waals surface area contributed by atoms with E-state index in [9.17, 15) is 0 Å². The van der Waals surface area contributed by atoms with Gasteiger partial charge < -0.3 is 10.4 Å². The molecule has 0 amide bonds. The maximum atomic E-state index is 8.81. The zero-order chi connectivity index (χ0) is 9.68. The van der Waals surface area contributed by atoms with Crippen LogP contribution in [0.1, 0.15) is 13.3 Å². The second kappa shape index (κ2) is 5.81. The molecule has 1 aliphatic heterocycles. The number of nitrogens with one attached hydrogen (secondary N) is 1. The van der Waals surface area contributed by atoms with Crippen molar-refractivity contribution in [3.05, 3.63) is 0 Å². The molecule has 0 aromatic heterocycles. The molecule has 1 fully saturated rings. The van der Waals surface area contributed by atoms with Crippen LogP contribution in [0.5, 0.6) is 0 Å². The lowest BCUT2D eigenvalue weighted by molar-refractivity contribution is 0.155. The summed E-state index contributed by atoms with van der Waals surface area (Å²) in [7, 11) is 0. The molecule has 1 aliphatic rings. The summed E-state index contributed by atoms with van der Waals surface area (Å²) in [6.45, 7) is 6.07. The Hall–Kier alpha value is 0.170. The zero-order valence-electron chi connectivity index (χ0n) is 8.17. The van der Waals surface area contributed by atoms with Crippen LogP contribution >= 0.6 is 11.6 Å². The summed E-state index contributed by atoms with van der Waals surface area (Å²) in [6, 6.07) is 0.381. The van der Waals surface area contributed by atoms with Crippen LogP contribution in [0.3, 0.4) is 0 Å². The average Bonchev–Trinajstić information content (AvgIpc) is 2.18. The maximum absolute atomic E-state index is 8.81. The molecule has 0 saturated carbocycles. The van der Waals surface area contributed by atoms with Crippen molar-refractivity contribution < 1.29 is 5.11 Å². The molecule has 0 aromatic rings. The smallest absolute Gasteiger partial charge is 0.0558 e. The Morgan fingerprint density at radius 1 is 1.69 bits per heavy atom. The second-order valence-electron chi connectivity index (χ2n) is 3.51. The quantitative estimate of drug-likeness (QED) is 0.649. The van der Waals surface area contributed by atoms with Gasteiger partial charge in [-0.25, -0.2) is 0 Å². The van der Waals surface area contributed by atoms with Gasteiger partial charge in [-0.05, 0) is 6.42 Å². The van der Waals surface area contributed by atoms with Gasteiger partial charge in [0.05, 0.1) is 6.61 Å². The third-order valence-corrected chi connectivity index (χ3v) is 3.15. The zero-order valence-corrected chi connectivity index (χ0v) is 8.93. The van der Waals surface area contributed by atoms with Crippen LogP contribution < -0.4 is 5.32 Å². The molecule has 1 rings (SSSR count). The molecule has 13 heavy (non-hydrogen) atoms. The Morgan fingerprint density at radius 2 is 2.46 bits per heavy atom. The lowest BCUT2D eigenvalue weighted by atomic mass is 10.1. The summed E-state index contributed by atoms with van der Waals surface area (Å²) in [5, 5.41) is 12.4. The van der Waals surface area contributed by atoms with Crippen LogP contribution in [0.2, 0.25) is 0 Å². The van der Waals surface area contributed by atoms with E-state index in [4.69, 9.17) is 16.7 Å². The largest absolute Gasteiger partial charge is 0.395 e. The fourth-order valence-corrected chi connectivity index (χ4v) is 1.88. The Morgan fingerprint density at radius 3 is 3.08 bits per heavy atom. The minimum atomic E-state index is 0.210. The topological polar surface area (TPSA) is 35.5 Å². The van der Waals surface area contributed by atoms with Gasteiger partial charge >= 0.3 is 0 Å². The molecule has 0 aliphatic carbocycles. The lowest BCUT2D eigenvalue weighted by Crippen LogP contribution is -2.54. The monoisotopic (exact) mass is 206 g/mol. The minimum Gasteiger partial charge on any atom is -0.395 e. The van der Waals surface area contributed by atoms with Crippen molar-refractivity contribution in [2.24, 2.45) is 0 Å². The molecule has 0 spiro atoms. The van der Waals surface area contributed by atoms with Gasteiger partial charge in [0.15, 0.2) is 0 Å². The van der Waals surface area contributed by atoms with Crippen LogP contribution in [0.4, 0.5) is 0 Å². The van der Waals surface area contributed by atoms with Crippen molar-refractivity contribution >= 4 is 11.6 Å². The van der Waals surface area contributed by atoms with E-state index in [0.717, 1.165) is 32.6 Å². The van der Waals surface area contributed by atoms with E-state index in [0.29, 0.717) is 6.04 Å². The number of rotatable bonds is 4. The number of aliphatic hydroxyl groups excluding tert-OH is 1. The van der Waals surface area contributed by atoms with Gasteiger partial charge in [0, 0.05) is 37.6 Å². The number of piperazine rings is 1. The first kappa shape index (κ1) is 11.2. The van der Waals surface area contributed by atoms with Crippen LogP contribution in [-0.2, 0) is 0 Å². The van der Waals surface area contributed by atoms with Gasteiger partial charge in [-0.2, -0.15) is 0 Å². The number of nitrogens with zero attached hydrogens (tertiary/aromatic N) is 1. The van der Waals surface area contributed by atoms with E-state index in [1.807, 2.05) is 0 Å². The number of alkyl halides is 1. The van der Waals surface area contributed by atoms with Crippen LogP contribution in [0.25, 0.3) is 0 Å². The van der Waals surface area contributed by atoms with E-state index in [1.165, 1.54) is 0 Å². The van der Waals surface area contributed by atoms with Crippen molar-refractivity contribution in [1.82, 2.24) is 10.2 Å². The van der Waals surface area contributed by atoms with E-state index in [-0.39, 0.29) is 12.0 Å². The Labute approximate surface area is 85.1 Å². The van der Waals surface area contributed by atoms with Gasteiger partial charge in [0.25, 0.3) is 0 Å². The predicted octanol–water partition coefficient (Wildman–Crippen LogP) is 0.270. The van der Waals surface area contributed by atoms with Gasteiger partial charge in [0.1, 0.15) is 0 Å². The van der Waals surface area contributed by atoms with Crippen LogP contribution in [0, 0.1) is 0 Å². The number of halogens is 1. The summed E-state index contributed by atoms with van der Waals surface area (Å²) >= 11 is 6.16. The number of hydrogen-bond donors (Lipinski definition) is 2. The molecule has 4 heteroatoms. The van der Waals surface area contributed by atoms with E-state index < -0.39 is 0 Å². The Bertz CT molecular complexity index is 144. The fraction of sp³-hybridized carbons (Fsp3) is 1.00. The SMILES string of the molecule is CCC(Cl)C1CN(CCO)CCN1. The number of aliphatic hydroxyl groups is 1. The van der Waals surface area contributed by atoms with Crippen molar-refractivity contribution in [2.75, 3.05) is 32.8 Å². The summed E-state index contributed by atoms with van der Waals surface area (Å²) in [6.07, 6.45) is 0.992. The summed E-state index contributed by atoms with van der Waals surface area (Å²) < 4.78 is 0. The van der Waals surface area contributed by atoms with Crippen molar-refractivity contribution in [1.29, 1.82) is 0 Å². The highest BCUT2D eigenvalue weighted by atomic mass is 35.5. The molecule has 0 radical (unpaired) electrons. The summed E-state index contributed by atoms with van der Waals surface area (Å²) in [5.74, 6) is 0. The van der Waals surface area contributed by atoms with Gasteiger partial charge in [-0.1, -0.05) is 6.92 Å². The molecule has 2 atom stereocenters. The van der Waals surface area contributed by atoms with Crippen molar-refractivity contribution in [3.8, 4) is 0 Å². The highest BCUT2D eigenvalue weighted by Gasteiger charge is 2.23. The van der Waals surface area contributed by atoms with Crippen LogP contribution in [0.15, 0.2) is 0 Å². The van der Waals surface area contributed by atoms with Crippen molar-refractivity contribution in [2.45, 2.75) is 24.8 Å². The third kappa shape index (κ3) is 3.43. The Balaban J connectivity index is 2.32. The van der Waals surface area contributed by atoms with Gasteiger partial charge in [-0.3, -0.25) is 4.90 Å². The van der Waals surface area contributed by atoms with E-state index in [2.05, 4.69) is 17.1 Å². The maximum Gasteiger partial charge on any atom is 0.0558 e. The molecule has 0 aromatic carbocycles. The fourth-order valence-electron chi connectivity index (χ4n) is 1.71. The first-order valence-electron chi connectivity index (χ1n) is 4.98. The molecule has 2 N–H and O–H groups in total. The van der Waals surface area contributed by atoms with Crippen LogP contribution in [-0.4, -0.2) is 54.2 Å². The molecule has 78 valence electrons. The van der Waals surface area contributed by atoms with Gasteiger partial charge in [0.2, 0.25) is 0 Å². The first-order valence-corrected chi connectivity index (χ1v) is 5.42. The Kier molecular flexibility index (Phi) is 5.02. The first-order chi connectivity index (χ1) is 6.27. The predicted molar refractivity (Wildman–Crippen MR) is 55.2 cm³/mol. The molecular weight excluding hydrogens is 188 g/mol. The molecular formula is C9H19ClN2O. The standard InChI is InChI=1S/C9H19ClN2O/c1-2-8(10)9-7-12(5-6-13)4-3-11-9/h8-9,11,13H,2-7H2,1H3. The molecule has 3 nitrogen and oxygen atoms in total.